The van der Waals surface area contributed by atoms with E-state index in [-0.39, 0.29) is 17.4 Å². The minimum atomic E-state index is -0.562. The zero-order chi connectivity index (χ0) is 17.4. The number of carbonyl (C=O) groups excluding carboxylic acids is 1. The summed E-state index contributed by atoms with van der Waals surface area (Å²) >= 11 is 0. The molecule has 0 saturated heterocycles. The van der Waals surface area contributed by atoms with Gasteiger partial charge in [0, 0.05) is 6.42 Å². The van der Waals surface area contributed by atoms with Crippen LogP contribution in [0.2, 0.25) is 0 Å². The lowest BCUT2D eigenvalue weighted by molar-refractivity contribution is -0.140. The second kappa shape index (κ2) is 9.48. The van der Waals surface area contributed by atoms with Crippen LogP contribution in [0.1, 0.15) is 63.5 Å². The molecule has 0 radical (unpaired) electrons. The molecular weight excluding hydrogens is 304 g/mol. The van der Waals surface area contributed by atoms with Crippen molar-refractivity contribution in [3.8, 4) is 0 Å². The average molecular weight is 332 g/mol. The van der Waals surface area contributed by atoms with Gasteiger partial charge in [-0.3, -0.25) is 0 Å². The van der Waals surface area contributed by atoms with Crippen LogP contribution in [0.4, 0.5) is 0 Å². The fourth-order valence-corrected chi connectivity index (χ4v) is 3.14. The summed E-state index contributed by atoms with van der Waals surface area (Å²) in [6.07, 6.45) is 6.62. The number of carbonyl (C=O) groups is 1. The number of hydrogen-bond donors (Lipinski definition) is 1. The summed E-state index contributed by atoms with van der Waals surface area (Å²) in [6.45, 7) is 2.20. The largest absolute Gasteiger partial charge is 0.512 e. The van der Waals surface area contributed by atoms with E-state index in [9.17, 15) is 9.90 Å². The maximum Gasteiger partial charge on any atom is 0.340 e. The topological polar surface area (TPSA) is 55.8 Å². The van der Waals surface area contributed by atoms with Gasteiger partial charge in [0.1, 0.15) is 17.4 Å². The fraction of sp³-hybridized carbons (Fsp3) is 0.550. The lowest BCUT2D eigenvalue weighted by atomic mass is 9.93. The van der Waals surface area contributed by atoms with Crippen LogP contribution in [0.3, 0.4) is 0 Å². The molecule has 0 saturated carbocycles. The molecule has 1 aromatic carbocycles. The van der Waals surface area contributed by atoms with Gasteiger partial charge in [0.15, 0.2) is 0 Å². The van der Waals surface area contributed by atoms with Gasteiger partial charge in [-0.05, 0) is 12.0 Å². The molecule has 1 N–H and O–H groups in total. The van der Waals surface area contributed by atoms with Crippen molar-refractivity contribution in [2.75, 3.05) is 7.11 Å². The molecule has 2 rings (SSSR count). The van der Waals surface area contributed by atoms with E-state index in [1.54, 1.807) is 0 Å². The molecule has 0 spiro atoms. The number of methoxy groups -OCH3 is 1. The second-order valence-corrected chi connectivity index (χ2v) is 6.31. The number of rotatable bonds is 8. The number of unbranched alkanes of at least 4 members (excludes halogenated alkanes) is 4. The predicted octanol–water partition coefficient (Wildman–Crippen LogP) is 4.86. The van der Waals surface area contributed by atoms with Gasteiger partial charge in [-0.2, -0.15) is 0 Å². The SMILES string of the molecule is CCCCCCC[C@@H]1CC(O)=C(C(=O)OC)[C@@H](c2ccccc2)O1. The minimum Gasteiger partial charge on any atom is -0.512 e. The van der Waals surface area contributed by atoms with E-state index < -0.39 is 12.1 Å². The van der Waals surface area contributed by atoms with Gasteiger partial charge < -0.3 is 14.6 Å². The van der Waals surface area contributed by atoms with Gasteiger partial charge in [-0.15, -0.1) is 0 Å². The molecule has 0 amide bonds. The Kier molecular flexibility index (Phi) is 7.32. The van der Waals surface area contributed by atoms with Crippen LogP contribution in [0.5, 0.6) is 0 Å². The maximum atomic E-state index is 12.1. The van der Waals surface area contributed by atoms with Gasteiger partial charge in [-0.25, -0.2) is 4.79 Å². The van der Waals surface area contributed by atoms with E-state index in [1.165, 1.54) is 32.8 Å². The Hall–Kier alpha value is -1.81. The normalized spacial score (nSPS) is 20.9. The van der Waals surface area contributed by atoms with E-state index in [4.69, 9.17) is 9.47 Å². The summed E-state index contributed by atoms with van der Waals surface area (Å²) in [7, 11) is 1.32. The van der Waals surface area contributed by atoms with Crippen molar-refractivity contribution < 1.29 is 19.4 Å². The first-order valence-electron chi connectivity index (χ1n) is 8.88. The zero-order valence-corrected chi connectivity index (χ0v) is 14.7. The number of hydrogen-bond acceptors (Lipinski definition) is 4. The van der Waals surface area contributed by atoms with Crippen molar-refractivity contribution >= 4 is 5.97 Å². The van der Waals surface area contributed by atoms with Crippen molar-refractivity contribution in [3.63, 3.8) is 0 Å². The summed E-state index contributed by atoms with van der Waals surface area (Å²) in [5, 5.41) is 10.4. The molecular formula is C20H28O4. The van der Waals surface area contributed by atoms with Crippen molar-refractivity contribution in [1.82, 2.24) is 0 Å². The van der Waals surface area contributed by atoms with Crippen molar-refractivity contribution in [2.24, 2.45) is 0 Å². The highest BCUT2D eigenvalue weighted by Crippen LogP contribution is 2.37. The molecule has 0 unspecified atom stereocenters. The predicted molar refractivity (Wildman–Crippen MR) is 93.7 cm³/mol. The highest BCUT2D eigenvalue weighted by molar-refractivity contribution is 5.90. The van der Waals surface area contributed by atoms with Crippen LogP contribution in [0, 0.1) is 0 Å². The quantitative estimate of drug-likeness (QED) is 0.545. The smallest absolute Gasteiger partial charge is 0.340 e. The van der Waals surface area contributed by atoms with Crippen molar-refractivity contribution in [2.45, 2.75) is 64.1 Å². The number of esters is 1. The van der Waals surface area contributed by atoms with Gasteiger partial charge in [0.05, 0.1) is 13.2 Å². The van der Waals surface area contributed by atoms with Crippen molar-refractivity contribution in [3.05, 3.63) is 47.2 Å². The van der Waals surface area contributed by atoms with E-state index in [1.807, 2.05) is 30.3 Å². The molecule has 132 valence electrons. The van der Waals surface area contributed by atoms with Crippen molar-refractivity contribution in [1.29, 1.82) is 0 Å². The first-order valence-corrected chi connectivity index (χ1v) is 8.88. The molecule has 4 nitrogen and oxygen atoms in total. The highest BCUT2D eigenvalue weighted by Gasteiger charge is 2.35. The second-order valence-electron chi connectivity index (χ2n) is 6.31. The molecule has 0 aromatic heterocycles. The lowest BCUT2D eigenvalue weighted by Crippen LogP contribution is -2.29. The van der Waals surface area contributed by atoms with Gasteiger partial charge in [0.2, 0.25) is 0 Å². The molecule has 1 aromatic rings. The third-order valence-corrected chi connectivity index (χ3v) is 4.46. The van der Waals surface area contributed by atoms with Gasteiger partial charge in [0.25, 0.3) is 0 Å². The summed E-state index contributed by atoms with van der Waals surface area (Å²) in [4.78, 5) is 12.1. The molecule has 0 bridgehead atoms. The Morgan fingerprint density at radius 1 is 1.21 bits per heavy atom. The van der Waals surface area contributed by atoms with Crippen LogP contribution >= 0.6 is 0 Å². The monoisotopic (exact) mass is 332 g/mol. The number of aliphatic hydroxyl groups excluding tert-OH is 1. The maximum absolute atomic E-state index is 12.1. The number of benzene rings is 1. The molecule has 0 fully saturated rings. The van der Waals surface area contributed by atoms with Crippen LogP contribution in [-0.2, 0) is 14.3 Å². The van der Waals surface area contributed by atoms with Crippen LogP contribution in [-0.4, -0.2) is 24.3 Å². The van der Waals surface area contributed by atoms with E-state index >= 15 is 0 Å². The van der Waals surface area contributed by atoms with E-state index in [0.29, 0.717) is 6.42 Å². The fourth-order valence-electron chi connectivity index (χ4n) is 3.14. The Morgan fingerprint density at radius 2 is 1.92 bits per heavy atom. The molecule has 4 heteroatoms. The molecule has 1 heterocycles. The molecule has 2 atom stereocenters. The number of aliphatic hydroxyl groups is 1. The van der Waals surface area contributed by atoms with Gasteiger partial charge >= 0.3 is 5.97 Å². The first-order chi connectivity index (χ1) is 11.7. The Morgan fingerprint density at radius 3 is 2.58 bits per heavy atom. The third-order valence-electron chi connectivity index (χ3n) is 4.46. The van der Waals surface area contributed by atoms with Crippen LogP contribution < -0.4 is 0 Å². The summed E-state index contributed by atoms with van der Waals surface area (Å²) < 4.78 is 11.0. The Labute approximate surface area is 144 Å². The summed E-state index contributed by atoms with van der Waals surface area (Å²) in [6, 6.07) is 9.53. The lowest BCUT2D eigenvalue weighted by Gasteiger charge is -2.31. The van der Waals surface area contributed by atoms with E-state index in [0.717, 1.165) is 18.4 Å². The third kappa shape index (κ3) is 4.84. The molecule has 0 aliphatic carbocycles. The summed E-state index contributed by atoms with van der Waals surface area (Å²) in [5.41, 5.74) is 1.09. The highest BCUT2D eigenvalue weighted by atomic mass is 16.5. The summed E-state index contributed by atoms with van der Waals surface area (Å²) in [5.74, 6) is -0.428. The molecule has 1 aliphatic heterocycles. The van der Waals surface area contributed by atoms with E-state index in [2.05, 4.69) is 6.92 Å². The van der Waals surface area contributed by atoms with Gasteiger partial charge in [-0.1, -0.05) is 69.4 Å². The Bertz CT molecular complexity index is 550. The average Bonchev–Trinajstić information content (AvgIpc) is 2.61. The first kappa shape index (κ1) is 18.5. The Balaban J connectivity index is 2.09. The van der Waals surface area contributed by atoms with Crippen LogP contribution in [0.15, 0.2) is 41.7 Å². The zero-order valence-electron chi connectivity index (χ0n) is 14.7. The standard InChI is InChI=1S/C20H28O4/c1-3-4-5-6-10-13-16-14-17(21)18(20(22)23-2)19(24-16)15-11-8-7-9-12-15/h7-9,11-12,16,19,21H,3-6,10,13-14H2,1-2H3/t16-,19-/m1/s1. The van der Waals surface area contributed by atoms with Crippen LogP contribution in [0.25, 0.3) is 0 Å². The molecule has 1 aliphatic rings. The minimum absolute atomic E-state index is 0.0646. The molecule has 24 heavy (non-hydrogen) atoms. The number of ether oxygens (including phenoxy) is 2.